The molecule has 2 aliphatic rings. The van der Waals surface area contributed by atoms with Gasteiger partial charge in [0.1, 0.15) is 9.77 Å². The van der Waals surface area contributed by atoms with Crippen molar-refractivity contribution in [3.63, 3.8) is 0 Å². The first-order valence-corrected chi connectivity index (χ1v) is 12.0. The van der Waals surface area contributed by atoms with E-state index in [0.29, 0.717) is 39.0 Å². The summed E-state index contributed by atoms with van der Waals surface area (Å²) in [7, 11) is -3.60. The number of hydrogen-bond donors (Lipinski definition) is 1. The molecular formula is C18H27N3O4S2. The predicted octanol–water partition coefficient (Wildman–Crippen LogP) is 2.06. The summed E-state index contributed by atoms with van der Waals surface area (Å²) >= 11 is 1.15. The highest BCUT2D eigenvalue weighted by Gasteiger charge is 2.31. The van der Waals surface area contributed by atoms with Gasteiger partial charge in [-0.15, -0.1) is 11.3 Å². The molecule has 0 unspecified atom stereocenters. The molecule has 3 rings (SSSR count). The smallest absolute Gasteiger partial charge is 0.262 e. The summed E-state index contributed by atoms with van der Waals surface area (Å²) in [5.41, 5.74) is 0. The molecule has 1 aromatic rings. The molecule has 2 aliphatic heterocycles. The highest BCUT2D eigenvalue weighted by Crippen LogP contribution is 2.27. The maximum atomic E-state index is 12.7. The number of likely N-dealkylation sites (tertiary alicyclic amines) is 1. The van der Waals surface area contributed by atoms with Crippen molar-refractivity contribution in [2.45, 2.75) is 49.8 Å². The van der Waals surface area contributed by atoms with Gasteiger partial charge in [0.05, 0.1) is 0 Å². The van der Waals surface area contributed by atoms with Gasteiger partial charge in [-0.25, -0.2) is 8.42 Å². The molecule has 2 saturated heterocycles. The van der Waals surface area contributed by atoms with Crippen LogP contribution in [0, 0.1) is 0 Å². The number of nitrogens with one attached hydrogen (secondary N) is 1. The zero-order valence-corrected chi connectivity index (χ0v) is 17.1. The van der Waals surface area contributed by atoms with E-state index >= 15 is 0 Å². The van der Waals surface area contributed by atoms with Crippen LogP contribution in [-0.2, 0) is 14.8 Å². The third-order valence-electron chi connectivity index (χ3n) is 5.08. The Bertz CT molecular complexity index is 769. The van der Waals surface area contributed by atoms with Crippen molar-refractivity contribution < 1.29 is 18.0 Å². The Morgan fingerprint density at radius 1 is 1.11 bits per heavy atom. The largest absolute Gasteiger partial charge is 0.351 e. The van der Waals surface area contributed by atoms with Gasteiger partial charge in [-0.1, -0.05) is 6.42 Å². The monoisotopic (exact) mass is 413 g/mol. The number of amides is 2. The van der Waals surface area contributed by atoms with Crippen LogP contribution in [0.25, 0.3) is 0 Å². The van der Waals surface area contributed by atoms with E-state index in [1.807, 2.05) is 4.90 Å². The van der Waals surface area contributed by atoms with E-state index in [2.05, 4.69) is 5.32 Å². The number of nitrogens with zero attached hydrogens (tertiary/aromatic N) is 2. The minimum absolute atomic E-state index is 0.106. The summed E-state index contributed by atoms with van der Waals surface area (Å²) in [6.07, 6.45) is 6.08. The minimum Gasteiger partial charge on any atom is -0.351 e. The van der Waals surface area contributed by atoms with E-state index in [1.165, 1.54) is 10.4 Å². The number of thiophene rings is 1. The molecule has 0 atom stereocenters. The third-order valence-corrected chi connectivity index (χ3v) is 8.06. The summed E-state index contributed by atoms with van der Waals surface area (Å²) in [4.78, 5) is 26.7. The van der Waals surface area contributed by atoms with Crippen LogP contribution in [0.1, 0.15) is 54.6 Å². The lowest BCUT2D eigenvalue weighted by atomic mass is 10.2. The van der Waals surface area contributed by atoms with Gasteiger partial charge < -0.3 is 10.2 Å². The van der Waals surface area contributed by atoms with E-state index in [4.69, 9.17) is 0 Å². The molecule has 0 bridgehead atoms. The molecule has 2 fully saturated rings. The second kappa shape index (κ2) is 9.16. The molecule has 0 aliphatic carbocycles. The average Bonchev–Trinajstić information content (AvgIpc) is 3.31. The first-order valence-electron chi connectivity index (χ1n) is 9.64. The van der Waals surface area contributed by atoms with Crippen LogP contribution in [0.4, 0.5) is 0 Å². The molecule has 7 nitrogen and oxygen atoms in total. The molecular weight excluding hydrogens is 386 g/mol. The number of carbonyl (C=O) groups is 2. The Morgan fingerprint density at radius 3 is 2.63 bits per heavy atom. The van der Waals surface area contributed by atoms with E-state index in [0.717, 1.165) is 50.0 Å². The first kappa shape index (κ1) is 20.3. The van der Waals surface area contributed by atoms with Gasteiger partial charge in [0.2, 0.25) is 15.9 Å². The zero-order valence-electron chi connectivity index (χ0n) is 15.5. The molecule has 3 heterocycles. The molecule has 0 radical (unpaired) electrons. The van der Waals surface area contributed by atoms with Gasteiger partial charge in [-0.3, -0.25) is 9.59 Å². The molecule has 150 valence electrons. The summed E-state index contributed by atoms with van der Waals surface area (Å²) in [5, 5.41) is 4.46. The van der Waals surface area contributed by atoms with Crippen molar-refractivity contribution in [2.75, 3.05) is 32.7 Å². The fraction of sp³-hybridized carbons (Fsp3) is 0.667. The van der Waals surface area contributed by atoms with E-state index < -0.39 is 10.0 Å². The van der Waals surface area contributed by atoms with Crippen molar-refractivity contribution in [1.29, 1.82) is 0 Å². The number of carbonyl (C=O) groups excluding carboxylic acids is 2. The molecule has 1 aromatic heterocycles. The lowest BCUT2D eigenvalue weighted by Crippen LogP contribution is -2.34. The Hall–Kier alpha value is -1.45. The van der Waals surface area contributed by atoms with Gasteiger partial charge in [-0.05, 0) is 43.6 Å². The van der Waals surface area contributed by atoms with E-state index in [1.54, 1.807) is 5.38 Å². The number of sulfonamides is 1. The highest BCUT2D eigenvalue weighted by atomic mass is 32.2. The van der Waals surface area contributed by atoms with E-state index in [-0.39, 0.29) is 21.6 Å². The van der Waals surface area contributed by atoms with Crippen molar-refractivity contribution in [3.05, 3.63) is 16.3 Å². The summed E-state index contributed by atoms with van der Waals surface area (Å²) in [5.74, 6) is -0.166. The van der Waals surface area contributed by atoms with Gasteiger partial charge in [0.25, 0.3) is 5.91 Å². The normalized spacial score (nSPS) is 19.3. The van der Waals surface area contributed by atoms with Crippen LogP contribution in [0.15, 0.2) is 16.3 Å². The first-order chi connectivity index (χ1) is 13.0. The second-order valence-electron chi connectivity index (χ2n) is 7.03. The molecule has 9 heteroatoms. The van der Waals surface area contributed by atoms with Crippen LogP contribution >= 0.6 is 11.3 Å². The summed E-state index contributed by atoms with van der Waals surface area (Å²) in [6.45, 7) is 2.87. The molecule has 0 spiro atoms. The zero-order chi connectivity index (χ0) is 19.3. The SMILES string of the molecule is O=C(NCCCN1CCCCCC1=O)c1sccc1S(=O)(=O)N1CCCC1. The third kappa shape index (κ3) is 4.89. The summed E-state index contributed by atoms with van der Waals surface area (Å²) in [6, 6.07) is 1.52. The van der Waals surface area contributed by atoms with Crippen molar-refractivity contribution >= 4 is 33.2 Å². The molecule has 27 heavy (non-hydrogen) atoms. The number of hydrogen-bond acceptors (Lipinski definition) is 5. The minimum atomic E-state index is -3.60. The summed E-state index contributed by atoms with van der Waals surface area (Å²) < 4.78 is 26.9. The lowest BCUT2D eigenvalue weighted by Gasteiger charge is -2.20. The van der Waals surface area contributed by atoms with Crippen LogP contribution in [-0.4, -0.2) is 62.2 Å². The predicted molar refractivity (Wildman–Crippen MR) is 104 cm³/mol. The Balaban J connectivity index is 1.53. The van der Waals surface area contributed by atoms with E-state index in [9.17, 15) is 18.0 Å². The van der Waals surface area contributed by atoms with Gasteiger partial charge >= 0.3 is 0 Å². The molecule has 1 N–H and O–H groups in total. The average molecular weight is 414 g/mol. The maximum absolute atomic E-state index is 12.7. The van der Waals surface area contributed by atoms with Crippen molar-refractivity contribution in [1.82, 2.24) is 14.5 Å². The Kier molecular flexibility index (Phi) is 6.88. The molecule has 0 aromatic carbocycles. The number of rotatable bonds is 7. The fourth-order valence-corrected chi connectivity index (χ4v) is 6.39. The van der Waals surface area contributed by atoms with Crippen molar-refractivity contribution in [2.24, 2.45) is 0 Å². The van der Waals surface area contributed by atoms with Gasteiger partial charge in [-0.2, -0.15) is 4.31 Å². The van der Waals surface area contributed by atoms with Crippen LogP contribution in [0.3, 0.4) is 0 Å². The van der Waals surface area contributed by atoms with Gasteiger partial charge in [0.15, 0.2) is 0 Å². The van der Waals surface area contributed by atoms with Crippen LogP contribution < -0.4 is 5.32 Å². The lowest BCUT2D eigenvalue weighted by molar-refractivity contribution is -0.130. The topological polar surface area (TPSA) is 86.8 Å². The molecule has 0 saturated carbocycles. The standard InChI is InChI=1S/C18H27N3O4S2/c22-16-7-2-1-3-10-20(16)11-6-9-19-18(23)17-15(8-14-26-17)27(24,25)21-12-4-5-13-21/h8,14H,1-7,9-13H2,(H,19,23). The van der Waals surface area contributed by atoms with Crippen LogP contribution in [0.5, 0.6) is 0 Å². The highest BCUT2D eigenvalue weighted by molar-refractivity contribution is 7.89. The van der Waals surface area contributed by atoms with Crippen molar-refractivity contribution in [3.8, 4) is 0 Å². The Morgan fingerprint density at radius 2 is 1.85 bits per heavy atom. The molecule has 2 amide bonds. The quantitative estimate of drug-likeness (QED) is 0.693. The maximum Gasteiger partial charge on any atom is 0.262 e. The van der Waals surface area contributed by atoms with Crippen LogP contribution in [0.2, 0.25) is 0 Å². The Labute approximate surface area is 164 Å². The fourth-order valence-electron chi connectivity index (χ4n) is 3.56. The second-order valence-corrected chi connectivity index (χ2v) is 9.85. The van der Waals surface area contributed by atoms with Gasteiger partial charge in [0, 0.05) is 39.1 Å².